The zero-order valence-electron chi connectivity index (χ0n) is 15.2. The number of aryl methyl sites for hydroxylation is 1. The fourth-order valence-electron chi connectivity index (χ4n) is 3.58. The predicted molar refractivity (Wildman–Crippen MR) is 97.5 cm³/mol. The maximum absolute atomic E-state index is 5.84. The molecule has 0 radical (unpaired) electrons. The molecule has 2 aliphatic heterocycles. The molecule has 0 aliphatic carbocycles. The summed E-state index contributed by atoms with van der Waals surface area (Å²) >= 11 is 0. The Labute approximate surface area is 154 Å². The minimum atomic E-state index is 0.434. The van der Waals surface area contributed by atoms with Gasteiger partial charge in [-0.25, -0.2) is 9.97 Å². The van der Waals surface area contributed by atoms with Gasteiger partial charge in [0.2, 0.25) is 0 Å². The van der Waals surface area contributed by atoms with Crippen molar-refractivity contribution in [3.05, 3.63) is 47.5 Å². The van der Waals surface area contributed by atoms with Crippen molar-refractivity contribution in [2.75, 3.05) is 39.5 Å². The van der Waals surface area contributed by atoms with Crippen LogP contribution in [0.3, 0.4) is 0 Å². The number of rotatable bonds is 4. The minimum absolute atomic E-state index is 0.434. The van der Waals surface area contributed by atoms with Crippen molar-refractivity contribution >= 4 is 0 Å². The van der Waals surface area contributed by atoms with Gasteiger partial charge in [-0.15, -0.1) is 0 Å². The maximum atomic E-state index is 5.84. The van der Waals surface area contributed by atoms with E-state index in [-0.39, 0.29) is 0 Å². The number of nitrogens with zero attached hydrogens (tertiary/aromatic N) is 3. The molecule has 0 bridgehead atoms. The number of fused-ring (bicyclic) bond motifs is 1. The number of benzene rings is 1. The average molecular weight is 355 g/mol. The minimum Gasteiger partial charge on any atom is -0.486 e. The lowest BCUT2D eigenvalue weighted by Crippen LogP contribution is -2.30. The molecule has 1 aromatic heterocycles. The summed E-state index contributed by atoms with van der Waals surface area (Å²) in [7, 11) is 0. The predicted octanol–water partition coefficient (Wildman–Crippen LogP) is 2.25. The highest BCUT2D eigenvalue weighted by Gasteiger charge is 2.21. The first kappa shape index (κ1) is 17.2. The highest BCUT2D eigenvalue weighted by atomic mass is 16.6. The standard InChI is InChI=1S/C20H25N3O3/c1-15-8-18(22-14-21-15)9-17-12-23(4-5-24-13-17)11-16-2-3-19-20(10-16)26-7-6-25-19/h2-3,8,10,14,17H,4-7,9,11-13H2,1H3/t17-/m0/s1. The SMILES string of the molecule is Cc1cc(C[C@@H]2COCCN(Cc3ccc4c(c3)OCCO4)C2)ncn1. The summed E-state index contributed by atoms with van der Waals surface area (Å²) in [5, 5.41) is 0. The van der Waals surface area contributed by atoms with Crippen molar-refractivity contribution in [2.24, 2.45) is 5.92 Å². The van der Waals surface area contributed by atoms with Crippen LogP contribution >= 0.6 is 0 Å². The third-order valence-corrected chi connectivity index (χ3v) is 4.79. The molecule has 1 fully saturated rings. The van der Waals surface area contributed by atoms with E-state index in [1.165, 1.54) is 5.56 Å². The van der Waals surface area contributed by atoms with Crippen LogP contribution in [0.2, 0.25) is 0 Å². The van der Waals surface area contributed by atoms with Gasteiger partial charge in [-0.05, 0) is 37.1 Å². The van der Waals surface area contributed by atoms with Crippen molar-refractivity contribution in [3.8, 4) is 11.5 Å². The number of ether oxygens (including phenoxy) is 3. The molecule has 6 heteroatoms. The summed E-state index contributed by atoms with van der Waals surface area (Å²) < 4.78 is 17.2. The van der Waals surface area contributed by atoms with Gasteiger partial charge in [0.25, 0.3) is 0 Å². The van der Waals surface area contributed by atoms with E-state index in [4.69, 9.17) is 14.2 Å². The van der Waals surface area contributed by atoms with Crippen LogP contribution in [0.4, 0.5) is 0 Å². The van der Waals surface area contributed by atoms with E-state index in [1.54, 1.807) is 6.33 Å². The van der Waals surface area contributed by atoms with Crippen LogP contribution < -0.4 is 9.47 Å². The van der Waals surface area contributed by atoms with Gasteiger partial charge in [-0.1, -0.05) is 6.07 Å². The van der Waals surface area contributed by atoms with E-state index >= 15 is 0 Å². The Morgan fingerprint density at radius 3 is 2.85 bits per heavy atom. The lowest BCUT2D eigenvalue weighted by Gasteiger charge is -2.24. The van der Waals surface area contributed by atoms with E-state index in [0.717, 1.165) is 62.2 Å². The van der Waals surface area contributed by atoms with Gasteiger partial charge in [0, 0.05) is 36.9 Å². The van der Waals surface area contributed by atoms with Gasteiger partial charge in [-0.3, -0.25) is 4.90 Å². The van der Waals surface area contributed by atoms with Crippen LogP contribution in [0.1, 0.15) is 17.0 Å². The summed E-state index contributed by atoms with van der Waals surface area (Å²) in [6, 6.07) is 8.31. The number of aromatic nitrogens is 2. The summed E-state index contributed by atoms with van der Waals surface area (Å²) in [6.07, 6.45) is 2.57. The molecule has 4 rings (SSSR count). The van der Waals surface area contributed by atoms with Crippen LogP contribution in [0.25, 0.3) is 0 Å². The van der Waals surface area contributed by atoms with Crippen LogP contribution in [-0.2, 0) is 17.7 Å². The molecule has 0 unspecified atom stereocenters. The maximum Gasteiger partial charge on any atom is 0.161 e. The summed E-state index contributed by atoms with van der Waals surface area (Å²) in [6.45, 7) is 7.62. The molecule has 6 nitrogen and oxygen atoms in total. The highest BCUT2D eigenvalue weighted by molar-refractivity contribution is 5.43. The Bertz CT molecular complexity index is 753. The van der Waals surface area contributed by atoms with Gasteiger partial charge in [0.05, 0.1) is 13.2 Å². The third-order valence-electron chi connectivity index (χ3n) is 4.79. The van der Waals surface area contributed by atoms with E-state index < -0.39 is 0 Å². The first-order valence-electron chi connectivity index (χ1n) is 9.22. The molecule has 2 aromatic rings. The summed E-state index contributed by atoms with van der Waals surface area (Å²) in [5.74, 6) is 2.13. The quantitative estimate of drug-likeness (QED) is 0.838. The van der Waals surface area contributed by atoms with Crippen molar-refractivity contribution in [1.29, 1.82) is 0 Å². The molecule has 0 amide bonds. The number of hydrogen-bond donors (Lipinski definition) is 0. The second kappa shape index (κ2) is 8.01. The van der Waals surface area contributed by atoms with Crippen LogP contribution in [-0.4, -0.2) is 54.4 Å². The van der Waals surface area contributed by atoms with E-state index in [9.17, 15) is 0 Å². The molecule has 2 aliphatic rings. The van der Waals surface area contributed by atoms with E-state index in [2.05, 4.69) is 33.1 Å². The molecule has 1 saturated heterocycles. The zero-order chi connectivity index (χ0) is 17.8. The van der Waals surface area contributed by atoms with Gasteiger partial charge in [0.15, 0.2) is 11.5 Å². The fraction of sp³-hybridized carbons (Fsp3) is 0.500. The lowest BCUT2D eigenvalue weighted by molar-refractivity contribution is 0.121. The van der Waals surface area contributed by atoms with Crippen molar-refractivity contribution in [3.63, 3.8) is 0 Å². The normalized spacial score (nSPS) is 20.6. The van der Waals surface area contributed by atoms with Crippen molar-refractivity contribution < 1.29 is 14.2 Å². The zero-order valence-corrected chi connectivity index (χ0v) is 15.2. The lowest BCUT2D eigenvalue weighted by atomic mass is 10.0. The molecule has 0 spiro atoms. The first-order chi connectivity index (χ1) is 12.8. The molecule has 138 valence electrons. The second-order valence-electron chi connectivity index (χ2n) is 7.01. The van der Waals surface area contributed by atoms with Crippen LogP contribution in [0.15, 0.2) is 30.6 Å². The van der Waals surface area contributed by atoms with Crippen molar-refractivity contribution in [2.45, 2.75) is 19.9 Å². The van der Waals surface area contributed by atoms with Gasteiger partial charge < -0.3 is 14.2 Å². The molecule has 1 atom stereocenters. The summed E-state index contributed by atoms with van der Waals surface area (Å²) in [5.41, 5.74) is 3.35. The molecule has 3 heterocycles. The average Bonchev–Trinajstić information content (AvgIpc) is 2.86. The molecular formula is C20H25N3O3. The molecule has 26 heavy (non-hydrogen) atoms. The number of hydrogen-bond acceptors (Lipinski definition) is 6. The third kappa shape index (κ3) is 4.31. The topological polar surface area (TPSA) is 56.7 Å². The van der Waals surface area contributed by atoms with E-state index in [1.807, 2.05) is 13.0 Å². The Morgan fingerprint density at radius 2 is 1.96 bits per heavy atom. The van der Waals surface area contributed by atoms with Gasteiger partial charge >= 0.3 is 0 Å². The Morgan fingerprint density at radius 1 is 1.08 bits per heavy atom. The summed E-state index contributed by atoms with van der Waals surface area (Å²) in [4.78, 5) is 11.0. The highest BCUT2D eigenvalue weighted by Crippen LogP contribution is 2.31. The van der Waals surface area contributed by atoms with Crippen LogP contribution in [0, 0.1) is 12.8 Å². The van der Waals surface area contributed by atoms with E-state index in [0.29, 0.717) is 19.1 Å². The Hall–Kier alpha value is -2.18. The smallest absolute Gasteiger partial charge is 0.161 e. The largest absolute Gasteiger partial charge is 0.486 e. The Balaban J connectivity index is 1.41. The van der Waals surface area contributed by atoms with Crippen LogP contribution in [0.5, 0.6) is 11.5 Å². The van der Waals surface area contributed by atoms with Crippen molar-refractivity contribution in [1.82, 2.24) is 14.9 Å². The fourth-order valence-corrected chi connectivity index (χ4v) is 3.58. The first-order valence-corrected chi connectivity index (χ1v) is 9.22. The van der Waals surface area contributed by atoms with Gasteiger partial charge in [0.1, 0.15) is 19.5 Å². The molecular weight excluding hydrogens is 330 g/mol. The molecule has 0 saturated carbocycles. The molecule has 0 N–H and O–H groups in total. The monoisotopic (exact) mass is 355 g/mol. The second-order valence-corrected chi connectivity index (χ2v) is 7.01. The Kier molecular flexibility index (Phi) is 5.32. The van der Waals surface area contributed by atoms with Gasteiger partial charge in [-0.2, -0.15) is 0 Å². The molecule has 1 aromatic carbocycles.